The van der Waals surface area contributed by atoms with Gasteiger partial charge < -0.3 is 10.1 Å². The first-order valence-electron chi connectivity index (χ1n) is 9.12. The summed E-state index contributed by atoms with van der Waals surface area (Å²) in [6.07, 6.45) is 0. The van der Waals surface area contributed by atoms with E-state index in [4.69, 9.17) is 10.00 Å². The number of nitrogens with zero attached hydrogens (tertiary/aromatic N) is 1. The van der Waals surface area contributed by atoms with E-state index in [-0.39, 0.29) is 18.6 Å². The average Bonchev–Trinajstić information content (AvgIpc) is 3.25. The lowest BCUT2D eigenvalue weighted by molar-refractivity contribution is -0.123. The Labute approximate surface area is 169 Å². The van der Waals surface area contributed by atoms with E-state index >= 15 is 0 Å². The Morgan fingerprint density at radius 2 is 1.75 bits per heavy atom. The van der Waals surface area contributed by atoms with E-state index < -0.39 is 0 Å². The topological polar surface area (TPSA) is 62.1 Å². The Morgan fingerprint density at radius 3 is 2.32 bits per heavy atom. The highest BCUT2D eigenvalue weighted by atomic mass is 32.1. The van der Waals surface area contributed by atoms with Crippen LogP contribution in [0.5, 0.6) is 5.75 Å². The van der Waals surface area contributed by atoms with Gasteiger partial charge in [-0.1, -0.05) is 44.2 Å². The molecule has 1 heterocycles. The third-order valence-electron chi connectivity index (χ3n) is 4.42. The molecule has 3 aromatic rings. The van der Waals surface area contributed by atoms with E-state index in [9.17, 15) is 4.79 Å². The second-order valence-corrected chi connectivity index (χ2v) is 7.74. The summed E-state index contributed by atoms with van der Waals surface area (Å²) >= 11 is 1.61. The first-order valence-corrected chi connectivity index (χ1v) is 10.0. The molecular formula is C23H22N2O2S. The van der Waals surface area contributed by atoms with Gasteiger partial charge in [-0.2, -0.15) is 5.26 Å². The number of benzene rings is 2. The van der Waals surface area contributed by atoms with Gasteiger partial charge in [-0.3, -0.25) is 4.79 Å². The van der Waals surface area contributed by atoms with Gasteiger partial charge in [0.2, 0.25) is 0 Å². The lowest BCUT2D eigenvalue weighted by atomic mass is 9.98. The molecule has 0 spiro atoms. The molecule has 0 fully saturated rings. The van der Waals surface area contributed by atoms with E-state index in [1.807, 2.05) is 17.5 Å². The summed E-state index contributed by atoms with van der Waals surface area (Å²) in [5.74, 6) is 0.823. The zero-order valence-electron chi connectivity index (χ0n) is 15.9. The van der Waals surface area contributed by atoms with Crippen molar-refractivity contribution < 1.29 is 9.53 Å². The summed E-state index contributed by atoms with van der Waals surface area (Å²) in [6, 6.07) is 20.9. The molecule has 2 aromatic carbocycles. The van der Waals surface area contributed by atoms with Crippen LogP contribution < -0.4 is 10.1 Å². The van der Waals surface area contributed by atoms with Crippen molar-refractivity contribution in [1.82, 2.24) is 5.32 Å². The van der Waals surface area contributed by atoms with Gasteiger partial charge in [0.1, 0.15) is 5.75 Å². The Bertz CT molecular complexity index is 940. The maximum atomic E-state index is 12.5. The largest absolute Gasteiger partial charge is 0.484 e. The molecule has 0 aliphatic heterocycles. The summed E-state index contributed by atoms with van der Waals surface area (Å²) in [4.78, 5) is 13.6. The monoisotopic (exact) mass is 390 g/mol. The van der Waals surface area contributed by atoms with Crippen LogP contribution in [0.2, 0.25) is 0 Å². The number of nitrogens with one attached hydrogen (secondary N) is 1. The second kappa shape index (κ2) is 9.20. The number of carbonyl (C=O) groups is 1. The molecule has 28 heavy (non-hydrogen) atoms. The van der Waals surface area contributed by atoms with E-state index in [2.05, 4.69) is 49.5 Å². The summed E-state index contributed by atoms with van der Waals surface area (Å²) in [5.41, 5.74) is 2.86. The van der Waals surface area contributed by atoms with Gasteiger partial charge in [0.05, 0.1) is 17.7 Å². The Hall–Kier alpha value is -3.10. The highest BCUT2D eigenvalue weighted by Gasteiger charge is 2.18. The molecule has 0 saturated carbocycles. The molecule has 0 bridgehead atoms. The lowest BCUT2D eigenvalue weighted by Crippen LogP contribution is -2.32. The summed E-state index contributed by atoms with van der Waals surface area (Å²) in [5, 5.41) is 13.9. The highest BCUT2D eigenvalue weighted by molar-refractivity contribution is 7.10. The van der Waals surface area contributed by atoms with E-state index in [1.54, 1.807) is 35.6 Å². The van der Waals surface area contributed by atoms with Crippen LogP contribution in [0.4, 0.5) is 0 Å². The van der Waals surface area contributed by atoms with Crippen LogP contribution in [0.15, 0.2) is 66.0 Å². The van der Waals surface area contributed by atoms with Gasteiger partial charge in [-0.05, 0) is 52.8 Å². The number of amides is 1. The SMILES string of the molecule is CC(C)c1ccc(C(NC(=O)COc2ccc(C#N)cc2)c2cccs2)cc1. The van der Waals surface area contributed by atoms with Crippen LogP contribution in [-0.2, 0) is 4.79 Å². The predicted molar refractivity (Wildman–Crippen MR) is 111 cm³/mol. The number of nitriles is 1. The maximum Gasteiger partial charge on any atom is 0.258 e. The fourth-order valence-corrected chi connectivity index (χ4v) is 3.63. The van der Waals surface area contributed by atoms with Crippen molar-refractivity contribution in [3.8, 4) is 11.8 Å². The van der Waals surface area contributed by atoms with E-state index in [0.29, 0.717) is 17.2 Å². The zero-order chi connectivity index (χ0) is 19.9. The first-order chi connectivity index (χ1) is 13.6. The molecule has 1 atom stereocenters. The van der Waals surface area contributed by atoms with E-state index in [0.717, 1.165) is 10.4 Å². The minimum Gasteiger partial charge on any atom is -0.484 e. The fourth-order valence-electron chi connectivity index (χ4n) is 2.82. The normalized spacial score (nSPS) is 11.6. The molecule has 0 aliphatic carbocycles. The first kappa shape index (κ1) is 19.7. The van der Waals surface area contributed by atoms with Crippen molar-refractivity contribution >= 4 is 17.2 Å². The molecule has 142 valence electrons. The third-order valence-corrected chi connectivity index (χ3v) is 5.36. The zero-order valence-corrected chi connectivity index (χ0v) is 16.7. The molecule has 1 unspecified atom stereocenters. The fraction of sp³-hybridized carbons (Fsp3) is 0.217. The van der Waals surface area contributed by atoms with E-state index in [1.165, 1.54) is 5.56 Å². The Kier molecular flexibility index (Phi) is 6.46. The molecule has 5 heteroatoms. The highest BCUT2D eigenvalue weighted by Crippen LogP contribution is 2.27. The molecule has 1 amide bonds. The van der Waals surface area contributed by atoms with Crippen molar-refractivity contribution in [3.63, 3.8) is 0 Å². The standard InChI is InChI=1S/C23H22N2O2S/c1-16(2)18-7-9-19(10-8-18)23(21-4-3-13-28-21)25-22(26)15-27-20-11-5-17(14-24)6-12-20/h3-13,16,23H,15H2,1-2H3,(H,25,26). The van der Waals surface area contributed by atoms with Gasteiger partial charge in [0.25, 0.3) is 5.91 Å². The lowest BCUT2D eigenvalue weighted by Gasteiger charge is -2.19. The number of hydrogen-bond acceptors (Lipinski definition) is 4. The molecule has 1 N–H and O–H groups in total. The third kappa shape index (κ3) is 4.99. The van der Waals surface area contributed by atoms with Gasteiger partial charge >= 0.3 is 0 Å². The minimum atomic E-state index is -0.210. The summed E-state index contributed by atoms with van der Waals surface area (Å²) < 4.78 is 5.55. The van der Waals surface area contributed by atoms with Crippen molar-refractivity contribution in [2.45, 2.75) is 25.8 Å². The van der Waals surface area contributed by atoms with Crippen molar-refractivity contribution in [2.24, 2.45) is 0 Å². The van der Waals surface area contributed by atoms with Gasteiger partial charge in [0, 0.05) is 4.88 Å². The summed E-state index contributed by atoms with van der Waals surface area (Å²) in [6.45, 7) is 4.24. The number of hydrogen-bond donors (Lipinski definition) is 1. The van der Waals surface area contributed by atoms with Gasteiger partial charge in [-0.15, -0.1) is 11.3 Å². The van der Waals surface area contributed by atoms with Crippen molar-refractivity contribution in [3.05, 3.63) is 87.6 Å². The van der Waals surface area contributed by atoms with Crippen molar-refractivity contribution in [1.29, 1.82) is 5.26 Å². The molecule has 0 radical (unpaired) electrons. The molecule has 3 rings (SSSR count). The number of thiophene rings is 1. The van der Waals surface area contributed by atoms with Crippen LogP contribution in [-0.4, -0.2) is 12.5 Å². The number of rotatable bonds is 7. The Balaban J connectivity index is 1.69. The number of carbonyl (C=O) groups excluding carboxylic acids is 1. The molecule has 0 aliphatic rings. The maximum absolute atomic E-state index is 12.5. The average molecular weight is 391 g/mol. The molecule has 4 nitrogen and oxygen atoms in total. The molecular weight excluding hydrogens is 368 g/mol. The molecule has 1 aromatic heterocycles. The van der Waals surface area contributed by atoms with Crippen LogP contribution in [0, 0.1) is 11.3 Å². The Morgan fingerprint density at radius 1 is 1.07 bits per heavy atom. The smallest absolute Gasteiger partial charge is 0.258 e. The van der Waals surface area contributed by atoms with Gasteiger partial charge in [0.15, 0.2) is 6.61 Å². The van der Waals surface area contributed by atoms with Crippen LogP contribution in [0.3, 0.4) is 0 Å². The number of ether oxygens (including phenoxy) is 1. The van der Waals surface area contributed by atoms with Crippen LogP contribution in [0.25, 0.3) is 0 Å². The minimum absolute atomic E-state index is 0.0855. The summed E-state index contributed by atoms with van der Waals surface area (Å²) in [7, 11) is 0. The van der Waals surface area contributed by atoms with Crippen LogP contribution >= 0.6 is 11.3 Å². The van der Waals surface area contributed by atoms with Crippen molar-refractivity contribution in [2.75, 3.05) is 6.61 Å². The van der Waals surface area contributed by atoms with Crippen LogP contribution in [0.1, 0.15) is 47.4 Å². The predicted octanol–water partition coefficient (Wildman–Crippen LogP) is 5.03. The molecule has 0 saturated heterocycles. The van der Waals surface area contributed by atoms with Gasteiger partial charge in [-0.25, -0.2) is 0 Å². The quantitative estimate of drug-likeness (QED) is 0.616. The second-order valence-electron chi connectivity index (χ2n) is 6.76.